The topological polar surface area (TPSA) is 33.4 Å². The summed E-state index contributed by atoms with van der Waals surface area (Å²) in [5.74, 6) is 2.06. The highest BCUT2D eigenvalue weighted by molar-refractivity contribution is 5.15. The minimum Gasteiger partial charge on any atom is -0.469 e. The molecule has 2 rings (SSSR count). The molecule has 1 saturated carbocycles. The molecule has 2 nitrogen and oxygen atoms in total. The zero-order valence-corrected chi connectivity index (χ0v) is 9.57. The lowest BCUT2D eigenvalue weighted by Crippen LogP contribution is -2.19. The Balaban J connectivity index is 2.03. The van der Waals surface area contributed by atoms with Gasteiger partial charge in [0, 0.05) is 5.56 Å². The predicted molar refractivity (Wildman–Crippen MR) is 59.5 cm³/mol. The standard InChI is InChI=1S/C13H20O2/c1-9-4-3-5-11(6-9)13(14)12-7-10(2)15-8-12/h7-9,11,13-14H,3-6H2,1-2H3. The number of aliphatic hydroxyl groups is 1. The smallest absolute Gasteiger partial charge is 0.101 e. The maximum Gasteiger partial charge on any atom is 0.101 e. The number of rotatable bonds is 2. The van der Waals surface area contributed by atoms with Gasteiger partial charge in [-0.2, -0.15) is 0 Å². The van der Waals surface area contributed by atoms with E-state index in [1.165, 1.54) is 12.8 Å². The van der Waals surface area contributed by atoms with Gasteiger partial charge in [-0.1, -0.05) is 19.8 Å². The first-order chi connectivity index (χ1) is 7.16. The van der Waals surface area contributed by atoms with Crippen LogP contribution in [0.15, 0.2) is 16.7 Å². The van der Waals surface area contributed by atoms with E-state index in [1.807, 2.05) is 13.0 Å². The molecule has 1 aromatic rings. The maximum absolute atomic E-state index is 10.2. The van der Waals surface area contributed by atoms with E-state index >= 15 is 0 Å². The summed E-state index contributed by atoms with van der Waals surface area (Å²) in [7, 11) is 0. The van der Waals surface area contributed by atoms with Gasteiger partial charge in [0.2, 0.25) is 0 Å². The molecule has 3 unspecified atom stereocenters. The first-order valence-corrected chi connectivity index (χ1v) is 5.90. The molecule has 0 saturated heterocycles. The Hall–Kier alpha value is -0.760. The van der Waals surface area contributed by atoms with E-state index in [1.54, 1.807) is 6.26 Å². The fraction of sp³-hybridized carbons (Fsp3) is 0.692. The van der Waals surface area contributed by atoms with E-state index in [0.29, 0.717) is 5.92 Å². The average molecular weight is 208 g/mol. The van der Waals surface area contributed by atoms with Crippen molar-refractivity contribution in [3.63, 3.8) is 0 Å². The predicted octanol–water partition coefficient (Wildman–Crippen LogP) is 3.45. The van der Waals surface area contributed by atoms with Gasteiger partial charge in [-0.3, -0.25) is 0 Å². The van der Waals surface area contributed by atoms with Gasteiger partial charge in [-0.25, -0.2) is 0 Å². The van der Waals surface area contributed by atoms with Crippen LogP contribution in [0, 0.1) is 18.8 Å². The van der Waals surface area contributed by atoms with E-state index < -0.39 is 0 Å². The van der Waals surface area contributed by atoms with E-state index in [9.17, 15) is 5.11 Å². The lowest BCUT2D eigenvalue weighted by molar-refractivity contribution is 0.0709. The van der Waals surface area contributed by atoms with Crippen molar-refractivity contribution in [2.45, 2.75) is 45.6 Å². The van der Waals surface area contributed by atoms with Crippen LogP contribution in [0.1, 0.15) is 50.0 Å². The van der Waals surface area contributed by atoms with E-state index in [4.69, 9.17) is 4.42 Å². The molecular weight excluding hydrogens is 188 g/mol. The molecule has 0 bridgehead atoms. The minimum absolute atomic E-state index is 0.329. The van der Waals surface area contributed by atoms with Gasteiger partial charge in [0.05, 0.1) is 12.4 Å². The number of furan rings is 1. The molecule has 0 amide bonds. The van der Waals surface area contributed by atoms with Gasteiger partial charge in [-0.15, -0.1) is 0 Å². The molecule has 0 spiro atoms. The fourth-order valence-corrected chi connectivity index (χ4v) is 2.66. The largest absolute Gasteiger partial charge is 0.469 e. The Kier molecular flexibility index (Phi) is 3.15. The Bertz CT molecular complexity index is 316. The quantitative estimate of drug-likeness (QED) is 0.807. The number of aliphatic hydroxyl groups excluding tert-OH is 1. The van der Waals surface area contributed by atoms with Crippen molar-refractivity contribution in [1.82, 2.24) is 0 Å². The van der Waals surface area contributed by atoms with Crippen molar-refractivity contribution >= 4 is 0 Å². The summed E-state index contributed by atoms with van der Waals surface area (Å²) in [5.41, 5.74) is 0.951. The number of hydrogen-bond acceptors (Lipinski definition) is 2. The number of aryl methyl sites for hydroxylation is 1. The van der Waals surface area contributed by atoms with Crippen LogP contribution < -0.4 is 0 Å². The van der Waals surface area contributed by atoms with Crippen molar-refractivity contribution < 1.29 is 9.52 Å². The van der Waals surface area contributed by atoms with Gasteiger partial charge in [0.1, 0.15) is 5.76 Å². The third-order valence-electron chi connectivity index (χ3n) is 3.52. The molecule has 0 aromatic carbocycles. The lowest BCUT2D eigenvalue weighted by atomic mass is 9.78. The highest BCUT2D eigenvalue weighted by Gasteiger charge is 2.27. The van der Waals surface area contributed by atoms with Gasteiger partial charge < -0.3 is 9.52 Å². The number of hydrogen-bond donors (Lipinski definition) is 1. The summed E-state index contributed by atoms with van der Waals surface area (Å²) >= 11 is 0. The molecule has 3 atom stereocenters. The molecular formula is C13H20O2. The van der Waals surface area contributed by atoms with E-state index in [0.717, 1.165) is 30.1 Å². The van der Waals surface area contributed by atoms with Crippen LogP contribution in [0.5, 0.6) is 0 Å². The summed E-state index contributed by atoms with van der Waals surface area (Å²) in [5, 5.41) is 10.2. The molecule has 1 fully saturated rings. The molecule has 1 aromatic heterocycles. The highest BCUT2D eigenvalue weighted by atomic mass is 16.3. The zero-order chi connectivity index (χ0) is 10.8. The van der Waals surface area contributed by atoms with Gasteiger partial charge in [0.15, 0.2) is 0 Å². The van der Waals surface area contributed by atoms with Gasteiger partial charge in [0.25, 0.3) is 0 Å². The molecule has 0 aliphatic heterocycles. The molecule has 1 heterocycles. The summed E-state index contributed by atoms with van der Waals surface area (Å²) in [6.45, 7) is 4.19. The van der Waals surface area contributed by atoms with Crippen molar-refractivity contribution in [2.75, 3.05) is 0 Å². The summed E-state index contributed by atoms with van der Waals surface area (Å²) in [6.07, 6.45) is 6.22. The van der Waals surface area contributed by atoms with Crippen LogP contribution in [0.25, 0.3) is 0 Å². The Morgan fingerprint density at radius 3 is 2.87 bits per heavy atom. The van der Waals surface area contributed by atoms with Crippen molar-refractivity contribution in [3.05, 3.63) is 23.7 Å². The first-order valence-electron chi connectivity index (χ1n) is 5.90. The first kappa shape index (κ1) is 10.7. The Labute approximate surface area is 91.3 Å². The lowest BCUT2D eigenvalue weighted by Gasteiger charge is -2.29. The third-order valence-corrected chi connectivity index (χ3v) is 3.52. The summed E-state index contributed by atoms with van der Waals surface area (Å²) in [4.78, 5) is 0. The second-order valence-electron chi connectivity index (χ2n) is 4.97. The molecule has 1 aliphatic rings. The zero-order valence-electron chi connectivity index (χ0n) is 9.57. The third kappa shape index (κ3) is 2.43. The molecule has 15 heavy (non-hydrogen) atoms. The molecule has 1 aliphatic carbocycles. The molecule has 84 valence electrons. The van der Waals surface area contributed by atoms with Crippen LogP contribution in [0.4, 0.5) is 0 Å². The minimum atomic E-state index is -0.329. The van der Waals surface area contributed by atoms with E-state index in [2.05, 4.69) is 6.92 Å². The Morgan fingerprint density at radius 2 is 2.27 bits per heavy atom. The maximum atomic E-state index is 10.2. The van der Waals surface area contributed by atoms with E-state index in [-0.39, 0.29) is 6.10 Å². The van der Waals surface area contributed by atoms with Crippen LogP contribution in [-0.4, -0.2) is 5.11 Å². The molecule has 0 radical (unpaired) electrons. The van der Waals surface area contributed by atoms with Gasteiger partial charge in [-0.05, 0) is 37.7 Å². The SMILES string of the molecule is Cc1cc(C(O)C2CCCC(C)C2)co1. The molecule has 1 N–H and O–H groups in total. The second kappa shape index (κ2) is 4.40. The second-order valence-corrected chi connectivity index (χ2v) is 4.97. The molecule has 2 heteroatoms. The van der Waals surface area contributed by atoms with Crippen LogP contribution in [-0.2, 0) is 0 Å². The van der Waals surface area contributed by atoms with Crippen LogP contribution in [0.2, 0.25) is 0 Å². The Morgan fingerprint density at radius 1 is 1.47 bits per heavy atom. The van der Waals surface area contributed by atoms with Gasteiger partial charge >= 0.3 is 0 Å². The summed E-state index contributed by atoms with van der Waals surface area (Å²) < 4.78 is 5.24. The van der Waals surface area contributed by atoms with Crippen molar-refractivity contribution in [2.24, 2.45) is 11.8 Å². The van der Waals surface area contributed by atoms with Crippen LogP contribution in [0.3, 0.4) is 0 Å². The van der Waals surface area contributed by atoms with Crippen molar-refractivity contribution in [1.29, 1.82) is 0 Å². The summed E-state index contributed by atoms with van der Waals surface area (Å²) in [6, 6.07) is 1.95. The monoisotopic (exact) mass is 208 g/mol. The highest BCUT2D eigenvalue weighted by Crippen LogP contribution is 2.37. The normalized spacial score (nSPS) is 29.0. The average Bonchev–Trinajstić information content (AvgIpc) is 2.64. The van der Waals surface area contributed by atoms with Crippen molar-refractivity contribution in [3.8, 4) is 0 Å². The van der Waals surface area contributed by atoms with Crippen LogP contribution >= 0.6 is 0 Å². The fourth-order valence-electron chi connectivity index (χ4n) is 2.66.